The van der Waals surface area contributed by atoms with Crippen molar-refractivity contribution in [3.8, 4) is 0 Å². The molecule has 0 amide bonds. The lowest BCUT2D eigenvalue weighted by Gasteiger charge is -2.37. The number of rotatable bonds is 5. The van der Waals surface area contributed by atoms with Crippen molar-refractivity contribution in [2.24, 2.45) is 0 Å². The largest absolute Gasteiger partial charge is 0.388 e. The lowest BCUT2D eigenvalue weighted by atomic mass is 10.0. The molecule has 2 atom stereocenters. The average Bonchev–Trinajstić information content (AvgIpc) is 2.63. The van der Waals surface area contributed by atoms with E-state index in [9.17, 15) is 15.2 Å². The fourth-order valence-electron chi connectivity index (χ4n) is 2.88. The van der Waals surface area contributed by atoms with E-state index >= 15 is 0 Å². The smallest absolute Gasteiger partial charge is 0.287 e. The summed E-state index contributed by atoms with van der Waals surface area (Å²) < 4.78 is 5.54. The summed E-state index contributed by atoms with van der Waals surface area (Å²) in [5.41, 5.74) is 0.826. The molecule has 1 aliphatic rings. The number of benzene rings is 1. The van der Waals surface area contributed by atoms with Gasteiger partial charge < -0.3 is 14.7 Å². The van der Waals surface area contributed by atoms with Crippen LogP contribution in [0.5, 0.6) is 0 Å². The molecule has 0 saturated carbocycles. The normalized spacial score (nSPS) is 19.0. The van der Waals surface area contributed by atoms with Gasteiger partial charge in [-0.25, -0.2) is 4.98 Å². The molecule has 2 heterocycles. The molecule has 0 aliphatic carbocycles. The SMILES string of the molecule is O=[N+]([O-])c1ccc(N2CCOC[C@@H]2C[C@@H](O)c2ccccc2)nc1. The topological polar surface area (TPSA) is 88.7 Å². The van der Waals surface area contributed by atoms with Crippen LogP contribution in [-0.4, -0.2) is 40.8 Å². The standard InChI is InChI=1S/C17H19N3O4/c21-16(13-4-2-1-3-5-13)10-15-12-24-9-8-19(15)17-7-6-14(11-18-17)20(22)23/h1-7,11,15-16,21H,8-10,12H2/t15-,16+/m0/s1. The molecule has 1 saturated heterocycles. The van der Waals surface area contributed by atoms with E-state index in [4.69, 9.17) is 4.74 Å². The van der Waals surface area contributed by atoms with Crippen molar-refractivity contribution in [1.82, 2.24) is 4.98 Å². The summed E-state index contributed by atoms with van der Waals surface area (Å²) in [5, 5.41) is 21.2. The molecule has 0 bridgehead atoms. The molecule has 1 N–H and O–H groups in total. The number of nitrogens with zero attached hydrogens (tertiary/aromatic N) is 3. The second kappa shape index (κ2) is 7.37. The van der Waals surface area contributed by atoms with Crippen LogP contribution in [0, 0.1) is 10.1 Å². The molecule has 7 heteroatoms. The van der Waals surface area contributed by atoms with Gasteiger partial charge in [-0.05, 0) is 11.6 Å². The highest BCUT2D eigenvalue weighted by atomic mass is 16.6. The predicted octanol–water partition coefficient (Wildman–Crippen LogP) is 2.32. The minimum absolute atomic E-state index is 0.0344. The molecule has 2 aromatic rings. The Morgan fingerprint density at radius 1 is 1.33 bits per heavy atom. The first-order valence-corrected chi connectivity index (χ1v) is 7.83. The number of pyridine rings is 1. The molecule has 1 fully saturated rings. The quantitative estimate of drug-likeness (QED) is 0.669. The van der Waals surface area contributed by atoms with E-state index in [1.54, 1.807) is 6.07 Å². The van der Waals surface area contributed by atoms with Gasteiger partial charge in [-0.1, -0.05) is 30.3 Å². The lowest BCUT2D eigenvalue weighted by Crippen LogP contribution is -2.46. The van der Waals surface area contributed by atoms with Gasteiger partial charge >= 0.3 is 0 Å². The molecular formula is C17H19N3O4. The van der Waals surface area contributed by atoms with Crippen LogP contribution in [-0.2, 0) is 4.74 Å². The number of morpholine rings is 1. The van der Waals surface area contributed by atoms with E-state index in [0.717, 1.165) is 5.56 Å². The first-order valence-electron chi connectivity index (χ1n) is 7.83. The first-order chi connectivity index (χ1) is 11.6. The molecule has 24 heavy (non-hydrogen) atoms. The monoisotopic (exact) mass is 329 g/mol. The van der Waals surface area contributed by atoms with Crippen LogP contribution >= 0.6 is 0 Å². The summed E-state index contributed by atoms with van der Waals surface area (Å²) in [5.74, 6) is 0.661. The number of ether oxygens (including phenoxy) is 1. The second-order valence-corrected chi connectivity index (χ2v) is 5.72. The number of anilines is 1. The Balaban J connectivity index is 1.74. The van der Waals surface area contributed by atoms with E-state index in [1.807, 2.05) is 35.2 Å². The Hall–Kier alpha value is -2.51. The van der Waals surface area contributed by atoms with Gasteiger partial charge in [0.1, 0.15) is 12.0 Å². The van der Waals surface area contributed by atoms with Crippen molar-refractivity contribution in [3.63, 3.8) is 0 Å². The van der Waals surface area contributed by atoms with Gasteiger partial charge in [-0.3, -0.25) is 10.1 Å². The molecule has 0 radical (unpaired) electrons. The van der Waals surface area contributed by atoms with Gasteiger partial charge in [0.05, 0.1) is 30.3 Å². The van der Waals surface area contributed by atoms with Crippen LogP contribution in [0.15, 0.2) is 48.7 Å². The Bertz CT molecular complexity index is 678. The predicted molar refractivity (Wildman–Crippen MR) is 88.9 cm³/mol. The first kappa shape index (κ1) is 16.4. The third kappa shape index (κ3) is 3.69. The van der Waals surface area contributed by atoms with E-state index in [2.05, 4.69) is 4.98 Å². The van der Waals surface area contributed by atoms with Crippen LogP contribution in [0.4, 0.5) is 11.5 Å². The molecule has 0 spiro atoms. The third-order valence-electron chi connectivity index (χ3n) is 4.14. The number of aliphatic hydroxyl groups excluding tert-OH is 1. The number of hydrogen-bond acceptors (Lipinski definition) is 6. The summed E-state index contributed by atoms with van der Waals surface area (Å²) in [6, 6.07) is 12.5. The highest BCUT2D eigenvalue weighted by Gasteiger charge is 2.27. The van der Waals surface area contributed by atoms with E-state index in [1.165, 1.54) is 12.3 Å². The number of hydrogen-bond donors (Lipinski definition) is 1. The minimum Gasteiger partial charge on any atom is -0.388 e. The maximum absolute atomic E-state index is 10.8. The van der Waals surface area contributed by atoms with Gasteiger partial charge in [-0.15, -0.1) is 0 Å². The number of aliphatic hydroxyl groups is 1. The Morgan fingerprint density at radius 2 is 2.12 bits per heavy atom. The van der Waals surface area contributed by atoms with Gasteiger partial charge in [-0.2, -0.15) is 0 Å². The van der Waals surface area contributed by atoms with Crippen molar-refractivity contribution in [1.29, 1.82) is 0 Å². The number of aromatic nitrogens is 1. The van der Waals surface area contributed by atoms with Crippen molar-refractivity contribution >= 4 is 11.5 Å². The molecule has 1 aliphatic heterocycles. The van der Waals surface area contributed by atoms with Crippen molar-refractivity contribution < 1.29 is 14.8 Å². The van der Waals surface area contributed by atoms with E-state index < -0.39 is 11.0 Å². The highest BCUT2D eigenvalue weighted by molar-refractivity contribution is 5.44. The Labute approximate surface area is 139 Å². The van der Waals surface area contributed by atoms with Crippen molar-refractivity contribution in [3.05, 3.63) is 64.3 Å². The summed E-state index contributed by atoms with van der Waals surface area (Å²) in [7, 11) is 0. The fraction of sp³-hybridized carbons (Fsp3) is 0.353. The highest BCUT2D eigenvalue weighted by Crippen LogP contribution is 2.26. The third-order valence-corrected chi connectivity index (χ3v) is 4.14. The number of nitro groups is 1. The van der Waals surface area contributed by atoms with E-state index in [0.29, 0.717) is 32.0 Å². The van der Waals surface area contributed by atoms with E-state index in [-0.39, 0.29) is 11.7 Å². The average molecular weight is 329 g/mol. The molecule has 126 valence electrons. The molecule has 7 nitrogen and oxygen atoms in total. The van der Waals surface area contributed by atoms with Gasteiger partial charge in [0.15, 0.2) is 0 Å². The fourth-order valence-corrected chi connectivity index (χ4v) is 2.88. The summed E-state index contributed by atoms with van der Waals surface area (Å²) in [6.07, 6.45) is 1.16. The maximum Gasteiger partial charge on any atom is 0.287 e. The van der Waals surface area contributed by atoms with Crippen LogP contribution in [0.1, 0.15) is 18.1 Å². The van der Waals surface area contributed by atoms with Crippen LogP contribution in [0.25, 0.3) is 0 Å². The zero-order chi connectivity index (χ0) is 16.9. The molecule has 1 aromatic carbocycles. The van der Waals surface area contributed by atoms with Crippen LogP contribution in [0.2, 0.25) is 0 Å². The summed E-state index contributed by atoms with van der Waals surface area (Å²) in [6.45, 7) is 1.69. The van der Waals surface area contributed by atoms with Gasteiger partial charge in [0.25, 0.3) is 5.69 Å². The van der Waals surface area contributed by atoms with Crippen LogP contribution < -0.4 is 4.90 Å². The molecular weight excluding hydrogens is 310 g/mol. The zero-order valence-electron chi connectivity index (χ0n) is 13.1. The summed E-state index contributed by atoms with van der Waals surface area (Å²) >= 11 is 0. The minimum atomic E-state index is -0.599. The van der Waals surface area contributed by atoms with Crippen molar-refractivity contribution in [2.75, 3.05) is 24.7 Å². The molecule has 3 rings (SSSR count). The van der Waals surface area contributed by atoms with Crippen molar-refractivity contribution in [2.45, 2.75) is 18.6 Å². The van der Waals surface area contributed by atoms with Gasteiger partial charge in [0, 0.05) is 19.0 Å². The maximum atomic E-state index is 10.8. The zero-order valence-corrected chi connectivity index (χ0v) is 13.1. The lowest BCUT2D eigenvalue weighted by molar-refractivity contribution is -0.385. The Kier molecular flexibility index (Phi) is 5.02. The Morgan fingerprint density at radius 3 is 2.79 bits per heavy atom. The van der Waals surface area contributed by atoms with Crippen LogP contribution in [0.3, 0.4) is 0 Å². The molecule has 0 unspecified atom stereocenters. The summed E-state index contributed by atoms with van der Waals surface area (Å²) in [4.78, 5) is 16.5. The molecule has 1 aromatic heterocycles. The second-order valence-electron chi connectivity index (χ2n) is 5.72. The van der Waals surface area contributed by atoms with Gasteiger partial charge in [0.2, 0.25) is 0 Å².